The zero-order valence-corrected chi connectivity index (χ0v) is 12.9. The summed E-state index contributed by atoms with van der Waals surface area (Å²) in [5.74, 6) is 2.40. The fraction of sp³-hybridized carbons (Fsp3) is 0.733. The molecule has 0 aromatic carbocycles. The Hall–Kier alpha value is -1.24. The van der Waals surface area contributed by atoms with Gasteiger partial charge in [0.25, 0.3) is 0 Å². The number of methoxy groups -OCH3 is 1. The third-order valence-corrected chi connectivity index (χ3v) is 4.38. The van der Waals surface area contributed by atoms with Crippen molar-refractivity contribution in [2.24, 2.45) is 5.92 Å². The molecule has 2 unspecified atom stereocenters. The summed E-state index contributed by atoms with van der Waals surface area (Å²) in [6, 6.07) is 2.59. The molecule has 2 aliphatic rings. The second-order valence-corrected chi connectivity index (χ2v) is 5.86. The van der Waals surface area contributed by atoms with Crippen LogP contribution in [0.5, 0.6) is 0 Å². The standard InChI is InChI=1S/C15H24N4O2/c1-12-9-19(10-13(12)18-5-7-21-8-6-18)15-3-4-16-14(17-15)11-20-2/h3-4,12-13H,5-11H2,1-2H3. The fourth-order valence-electron chi connectivity index (χ4n) is 3.28. The normalized spacial score (nSPS) is 27.2. The van der Waals surface area contributed by atoms with Crippen molar-refractivity contribution in [3.05, 3.63) is 18.1 Å². The Morgan fingerprint density at radius 1 is 1.33 bits per heavy atom. The molecule has 0 aliphatic carbocycles. The van der Waals surface area contributed by atoms with E-state index in [9.17, 15) is 0 Å². The number of hydrogen-bond donors (Lipinski definition) is 0. The summed E-state index contributed by atoms with van der Waals surface area (Å²) in [6.07, 6.45) is 1.82. The Bertz CT molecular complexity index is 465. The Labute approximate surface area is 126 Å². The maximum atomic E-state index is 5.46. The summed E-state index contributed by atoms with van der Waals surface area (Å²) in [5, 5.41) is 0. The van der Waals surface area contributed by atoms with E-state index in [1.165, 1.54) is 0 Å². The molecular formula is C15H24N4O2. The van der Waals surface area contributed by atoms with Crippen molar-refractivity contribution >= 4 is 5.82 Å². The second-order valence-electron chi connectivity index (χ2n) is 5.86. The average molecular weight is 292 g/mol. The molecule has 116 valence electrons. The van der Waals surface area contributed by atoms with E-state index in [4.69, 9.17) is 9.47 Å². The van der Waals surface area contributed by atoms with Gasteiger partial charge in [-0.05, 0) is 12.0 Å². The highest BCUT2D eigenvalue weighted by molar-refractivity contribution is 5.39. The predicted molar refractivity (Wildman–Crippen MR) is 80.3 cm³/mol. The van der Waals surface area contributed by atoms with Crippen LogP contribution in [0.4, 0.5) is 5.82 Å². The number of aromatic nitrogens is 2. The monoisotopic (exact) mass is 292 g/mol. The van der Waals surface area contributed by atoms with Gasteiger partial charge in [0.2, 0.25) is 0 Å². The van der Waals surface area contributed by atoms with E-state index in [1.54, 1.807) is 7.11 Å². The zero-order valence-electron chi connectivity index (χ0n) is 12.9. The number of nitrogens with zero attached hydrogens (tertiary/aromatic N) is 4. The van der Waals surface area contributed by atoms with E-state index in [2.05, 4.69) is 26.7 Å². The Morgan fingerprint density at radius 2 is 2.14 bits per heavy atom. The minimum Gasteiger partial charge on any atom is -0.379 e. The van der Waals surface area contributed by atoms with Crippen molar-refractivity contribution in [2.45, 2.75) is 19.6 Å². The molecule has 3 rings (SSSR count). The number of rotatable bonds is 4. The molecule has 1 aromatic heterocycles. The number of hydrogen-bond acceptors (Lipinski definition) is 6. The third kappa shape index (κ3) is 3.33. The second kappa shape index (κ2) is 6.68. The molecule has 0 saturated carbocycles. The van der Waals surface area contributed by atoms with Crippen molar-refractivity contribution in [3.63, 3.8) is 0 Å². The molecule has 1 aromatic rings. The first-order chi connectivity index (χ1) is 10.3. The highest BCUT2D eigenvalue weighted by Gasteiger charge is 2.35. The van der Waals surface area contributed by atoms with E-state index in [1.807, 2.05) is 12.3 Å². The van der Waals surface area contributed by atoms with E-state index >= 15 is 0 Å². The highest BCUT2D eigenvalue weighted by Crippen LogP contribution is 2.26. The molecule has 6 heteroatoms. The molecule has 0 radical (unpaired) electrons. The molecule has 2 saturated heterocycles. The molecule has 2 atom stereocenters. The molecule has 0 amide bonds. The van der Waals surface area contributed by atoms with Crippen molar-refractivity contribution < 1.29 is 9.47 Å². The Kier molecular flexibility index (Phi) is 4.67. The van der Waals surface area contributed by atoms with Gasteiger partial charge in [0.1, 0.15) is 12.4 Å². The lowest BCUT2D eigenvalue weighted by atomic mass is 10.0. The molecule has 0 spiro atoms. The maximum Gasteiger partial charge on any atom is 0.156 e. The summed E-state index contributed by atoms with van der Waals surface area (Å²) < 4.78 is 10.6. The van der Waals surface area contributed by atoms with E-state index in [-0.39, 0.29) is 0 Å². The summed E-state index contributed by atoms with van der Waals surface area (Å²) in [5.41, 5.74) is 0. The van der Waals surface area contributed by atoms with Gasteiger partial charge in [0.15, 0.2) is 5.82 Å². The molecule has 0 N–H and O–H groups in total. The van der Waals surface area contributed by atoms with Gasteiger partial charge in [-0.1, -0.05) is 6.92 Å². The lowest BCUT2D eigenvalue weighted by Gasteiger charge is -2.34. The molecular weight excluding hydrogens is 268 g/mol. The summed E-state index contributed by atoms with van der Waals surface area (Å²) in [4.78, 5) is 13.8. The molecule has 21 heavy (non-hydrogen) atoms. The van der Waals surface area contributed by atoms with Gasteiger partial charge in [-0.15, -0.1) is 0 Å². The molecule has 2 fully saturated rings. The van der Waals surface area contributed by atoms with Crippen molar-refractivity contribution in [1.82, 2.24) is 14.9 Å². The van der Waals surface area contributed by atoms with Crippen LogP contribution in [-0.4, -0.2) is 67.4 Å². The Morgan fingerprint density at radius 3 is 2.90 bits per heavy atom. The van der Waals surface area contributed by atoms with Crippen LogP contribution in [0.3, 0.4) is 0 Å². The SMILES string of the molecule is COCc1nccc(N2CC(C)C(N3CCOCC3)C2)n1. The average Bonchev–Trinajstić information content (AvgIpc) is 2.91. The first-order valence-electron chi connectivity index (χ1n) is 7.65. The van der Waals surface area contributed by atoms with Crippen LogP contribution in [0, 0.1) is 5.92 Å². The van der Waals surface area contributed by atoms with Crippen molar-refractivity contribution in [3.8, 4) is 0 Å². The van der Waals surface area contributed by atoms with Gasteiger partial charge in [0, 0.05) is 45.5 Å². The van der Waals surface area contributed by atoms with Crippen LogP contribution >= 0.6 is 0 Å². The van der Waals surface area contributed by atoms with Crippen LogP contribution in [0.25, 0.3) is 0 Å². The topological polar surface area (TPSA) is 50.7 Å². The van der Waals surface area contributed by atoms with Gasteiger partial charge in [0.05, 0.1) is 13.2 Å². The smallest absolute Gasteiger partial charge is 0.156 e. The van der Waals surface area contributed by atoms with E-state index in [0.29, 0.717) is 18.6 Å². The summed E-state index contributed by atoms with van der Waals surface area (Å²) >= 11 is 0. The third-order valence-electron chi connectivity index (χ3n) is 4.38. The maximum absolute atomic E-state index is 5.46. The number of ether oxygens (including phenoxy) is 2. The lowest BCUT2D eigenvalue weighted by Crippen LogP contribution is -2.46. The van der Waals surface area contributed by atoms with E-state index in [0.717, 1.165) is 51.0 Å². The molecule has 2 aliphatic heterocycles. The van der Waals surface area contributed by atoms with Crippen LogP contribution in [0.15, 0.2) is 12.3 Å². The van der Waals surface area contributed by atoms with Crippen LogP contribution < -0.4 is 4.90 Å². The molecule has 0 bridgehead atoms. The first kappa shape index (κ1) is 14.7. The fourth-order valence-corrected chi connectivity index (χ4v) is 3.28. The van der Waals surface area contributed by atoms with Crippen LogP contribution in [0.2, 0.25) is 0 Å². The first-order valence-corrected chi connectivity index (χ1v) is 7.65. The number of morpholine rings is 1. The minimum atomic E-state index is 0.462. The van der Waals surface area contributed by atoms with Crippen LogP contribution in [0.1, 0.15) is 12.7 Å². The van der Waals surface area contributed by atoms with Crippen LogP contribution in [-0.2, 0) is 16.1 Å². The van der Waals surface area contributed by atoms with Gasteiger partial charge < -0.3 is 14.4 Å². The van der Waals surface area contributed by atoms with E-state index < -0.39 is 0 Å². The molecule has 6 nitrogen and oxygen atoms in total. The highest BCUT2D eigenvalue weighted by atomic mass is 16.5. The summed E-state index contributed by atoms with van der Waals surface area (Å²) in [6.45, 7) is 8.67. The molecule has 3 heterocycles. The van der Waals surface area contributed by atoms with Gasteiger partial charge >= 0.3 is 0 Å². The van der Waals surface area contributed by atoms with Gasteiger partial charge in [-0.3, -0.25) is 4.90 Å². The van der Waals surface area contributed by atoms with Gasteiger partial charge in [-0.2, -0.15) is 0 Å². The zero-order chi connectivity index (χ0) is 14.7. The van der Waals surface area contributed by atoms with Crippen molar-refractivity contribution in [2.75, 3.05) is 51.4 Å². The Balaban J connectivity index is 1.68. The summed E-state index contributed by atoms with van der Waals surface area (Å²) in [7, 11) is 1.67. The lowest BCUT2D eigenvalue weighted by molar-refractivity contribution is 0.0134. The van der Waals surface area contributed by atoms with Crippen molar-refractivity contribution in [1.29, 1.82) is 0 Å². The number of anilines is 1. The quantitative estimate of drug-likeness (QED) is 0.817. The minimum absolute atomic E-state index is 0.462. The predicted octanol–water partition coefficient (Wildman–Crippen LogP) is 0.780. The largest absolute Gasteiger partial charge is 0.379 e. The van der Waals surface area contributed by atoms with Gasteiger partial charge in [-0.25, -0.2) is 9.97 Å².